The van der Waals surface area contributed by atoms with Gasteiger partial charge in [0.05, 0.1) is 19.8 Å². The molecule has 1 heterocycles. The number of rotatable bonds is 9. The molecule has 0 radical (unpaired) electrons. The first kappa shape index (κ1) is 25.0. The van der Waals surface area contributed by atoms with Gasteiger partial charge in [-0.25, -0.2) is 0 Å². The normalized spacial score (nSPS) is 15.7. The summed E-state index contributed by atoms with van der Waals surface area (Å²) >= 11 is 0. The molecule has 0 N–H and O–H groups in total. The first-order valence-corrected chi connectivity index (χ1v) is 13.0. The van der Waals surface area contributed by atoms with Crippen molar-refractivity contribution in [1.82, 2.24) is 0 Å². The maximum Gasteiger partial charge on any atom is 0.387 e. The Morgan fingerprint density at radius 2 is 1.62 bits per heavy atom. The number of ether oxygens (including phenoxy) is 4. The van der Waals surface area contributed by atoms with Gasteiger partial charge < -0.3 is 23.8 Å². The fourth-order valence-electron chi connectivity index (χ4n) is 5.21. The second kappa shape index (κ2) is 10.5. The molecule has 0 amide bonds. The Labute approximate surface area is 226 Å². The lowest BCUT2D eigenvalue weighted by Crippen LogP contribution is -2.22. The number of benzene rings is 4. The molecular formula is C32H29F2NO4. The summed E-state index contributed by atoms with van der Waals surface area (Å²) in [6.45, 7) is -2.05. The summed E-state index contributed by atoms with van der Waals surface area (Å²) in [6, 6.07) is 27.1. The molecule has 1 saturated carbocycles. The minimum atomic E-state index is -2.95. The molecule has 39 heavy (non-hydrogen) atoms. The summed E-state index contributed by atoms with van der Waals surface area (Å²) in [6.07, 6.45) is 1.92. The number of alkyl halides is 2. The summed E-state index contributed by atoms with van der Waals surface area (Å²) in [5.74, 6) is 2.40. The molecule has 2 aliphatic rings. The van der Waals surface area contributed by atoms with Gasteiger partial charge in [-0.15, -0.1) is 0 Å². The average molecular weight is 530 g/mol. The highest BCUT2D eigenvalue weighted by Gasteiger charge is 2.33. The van der Waals surface area contributed by atoms with Crippen LogP contribution in [0.25, 0.3) is 11.1 Å². The van der Waals surface area contributed by atoms with Gasteiger partial charge in [0, 0.05) is 29.0 Å². The van der Waals surface area contributed by atoms with Crippen molar-refractivity contribution in [2.75, 3.05) is 25.7 Å². The molecule has 4 aromatic carbocycles. The zero-order chi connectivity index (χ0) is 26.9. The van der Waals surface area contributed by atoms with Gasteiger partial charge in [-0.05, 0) is 72.9 Å². The zero-order valence-electron chi connectivity index (χ0n) is 21.8. The highest BCUT2D eigenvalue weighted by molar-refractivity contribution is 5.84. The summed E-state index contributed by atoms with van der Waals surface area (Å²) in [4.78, 5) is 2.32. The largest absolute Gasteiger partial charge is 0.493 e. The van der Waals surface area contributed by atoms with Gasteiger partial charge in [0.1, 0.15) is 17.6 Å². The van der Waals surface area contributed by atoms with Crippen LogP contribution in [0.3, 0.4) is 0 Å². The number of fused-ring (bicyclic) bond motifs is 3. The van der Waals surface area contributed by atoms with Crippen molar-refractivity contribution in [2.24, 2.45) is 5.92 Å². The van der Waals surface area contributed by atoms with Gasteiger partial charge in [-0.2, -0.15) is 8.78 Å². The van der Waals surface area contributed by atoms with E-state index in [0.29, 0.717) is 28.7 Å². The summed E-state index contributed by atoms with van der Waals surface area (Å²) < 4.78 is 49.2. The first-order valence-electron chi connectivity index (χ1n) is 13.0. The highest BCUT2D eigenvalue weighted by atomic mass is 19.3. The van der Waals surface area contributed by atoms with E-state index < -0.39 is 12.7 Å². The number of hydrogen-bond acceptors (Lipinski definition) is 5. The van der Waals surface area contributed by atoms with E-state index in [2.05, 4.69) is 23.1 Å². The molecule has 6 rings (SSSR count). The Morgan fingerprint density at radius 1 is 0.821 bits per heavy atom. The van der Waals surface area contributed by atoms with Gasteiger partial charge >= 0.3 is 6.61 Å². The van der Waals surface area contributed by atoms with Crippen LogP contribution in [0, 0.1) is 5.92 Å². The molecule has 1 fully saturated rings. The Hall–Kier alpha value is -4.26. The molecule has 7 heteroatoms. The Kier molecular flexibility index (Phi) is 6.73. The molecule has 4 aromatic rings. The second-order valence-electron chi connectivity index (χ2n) is 9.78. The topological polar surface area (TPSA) is 40.2 Å². The van der Waals surface area contributed by atoms with E-state index in [1.54, 1.807) is 32.4 Å². The van der Waals surface area contributed by atoms with Crippen molar-refractivity contribution in [3.8, 4) is 34.1 Å². The van der Waals surface area contributed by atoms with E-state index in [4.69, 9.17) is 18.9 Å². The predicted octanol–water partition coefficient (Wildman–Crippen LogP) is 8.00. The third kappa shape index (κ3) is 4.97. The first-order chi connectivity index (χ1) is 19.1. The number of methoxy groups -OCH3 is 2. The molecule has 0 bridgehead atoms. The summed E-state index contributed by atoms with van der Waals surface area (Å²) in [5.41, 5.74) is 5.13. The van der Waals surface area contributed by atoms with Crippen molar-refractivity contribution in [2.45, 2.75) is 25.6 Å². The van der Waals surface area contributed by atoms with Crippen molar-refractivity contribution in [3.63, 3.8) is 0 Å². The van der Waals surface area contributed by atoms with Crippen LogP contribution in [-0.4, -0.2) is 27.4 Å². The smallest absolute Gasteiger partial charge is 0.387 e. The molecule has 5 nitrogen and oxygen atoms in total. The third-order valence-electron chi connectivity index (χ3n) is 7.26. The van der Waals surface area contributed by atoms with Crippen LogP contribution in [-0.2, 0) is 0 Å². The Balaban J connectivity index is 1.52. The number of halogens is 2. The summed E-state index contributed by atoms with van der Waals surface area (Å²) in [7, 11) is 3.18. The Morgan fingerprint density at radius 3 is 2.33 bits per heavy atom. The van der Waals surface area contributed by atoms with E-state index in [9.17, 15) is 8.78 Å². The number of anilines is 2. The van der Waals surface area contributed by atoms with Gasteiger partial charge in [0.25, 0.3) is 0 Å². The van der Waals surface area contributed by atoms with Crippen LogP contribution < -0.4 is 23.8 Å². The molecule has 1 unspecified atom stereocenters. The summed E-state index contributed by atoms with van der Waals surface area (Å²) in [5, 5.41) is 0. The molecule has 200 valence electrons. The molecule has 1 aliphatic carbocycles. The number of para-hydroxylation sites is 1. The lowest BCUT2D eigenvalue weighted by molar-refractivity contribution is -0.0496. The van der Waals surface area contributed by atoms with E-state index in [1.165, 1.54) is 12.8 Å². The average Bonchev–Trinajstić information content (AvgIpc) is 3.79. The minimum absolute atomic E-state index is 0.0835. The van der Waals surface area contributed by atoms with Crippen molar-refractivity contribution in [1.29, 1.82) is 0 Å². The molecule has 0 aromatic heterocycles. The fourth-order valence-corrected chi connectivity index (χ4v) is 5.21. The van der Waals surface area contributed by atoms with Gasteiger partial charge in [0.15, 0.2) is 11.5 Å². The maximum atomic E-state index is 13.4. The lowest BCUT2D eigenvalue weighted by Gasteiger charge is -2.33. The van der Waals surface area contributed by atoms with E-state index in [1.807, 2.05) is 48.5 Å². The van der Waals surface area contributed by atoms with Crippen LogP contribution in [0.15, 0.2) is 84.9 Å². The van der Waals surface area contributed by atoms with Gasteiger partial charge in [-0.3, -0.25) is 0 Å². The van der Waals surface area contributed by atoms with E-state index in [0.717, 1.165) is 34.6 Å². The molecular weight excluding hydrogens is 500 g/mol. The predicted molar refractivity (Wildman–Crippen MR) is 147 cm³/mol. The van der Waals surface area contributed by atoms with Crippen LogP contribution in [0.1, 0.15) is 30.1 Å². The number of nitrogens with zero attached hydrogens (tertiary/aromatic N) is 1. The van der Waals surface area contributed by atoms with Crippen molar-refractivity contribution < 1.29 is 27.7 Å². The maximum absolute atomic E-state index is 13.4. The van der Waals surface area contributed by atoms with Crippen LogP contribution in [0.5, 0.6) is 23.0 Å². The standard InChI is InChI=1S/C32H29F2NO4/c1-36-26-16-13-21(17-29(26)37-2)31-25-18-23(35(19-20-11-12-20)22-7-4-3-5-8-22)14-15-24(25)30-27(38-31)9-6-10-28(30)39-32(33)34/h3-10,13-18,20,31-32H,11-12,19H2,1-2H3. The van der Waals surface area contributed by atoms with Crippen LogP contribution in [0.4, 0.5) is 20.2 Å². The quantitative estimate of drug-likeness (QED) is 0.220. The Bertz CT molecular complexity index is 1470. The molecule has 1 aliphatic heterocycles. The fraction of sp³-hybridized carbons (Fsp3) is 0.250. The molecule has 0 saturated heterocycles. The van der Waals surface area contributed by atoms with Gasteiger partial charge in [0.2, 0.25) is 0 Å². The van der Waals surface area contributed by atoms with Crippen molar-refractivity contribution >= 4 is 11.4 Å². The third-order valence-corrected chi connectivity index (χ3v) is 7.26. The zero-order valence-corrected chi connectivity index (χ0v) is 21.8. The van der Waals surface area contributed by atoms with Gasteiger partial charge in [-0.1, -0.05) is 36.4 Å². The van der Waals surface area contributed by atoms with Crippen molar-refractivity contribution in [3.05, 3.63) is 96.1 Å². The van der Waals surface area contributed by atoms with E-state index >= 15 is 0 Å². The molecule has 0 spiro atoms. The SMILES string of the molecule is COc1ccc(C2Oc3cccc(OC(F)F)c3-c3ccc(N(CC4CC4)c4ccccc4)cc32)cc1OC. The monoisotopic (exact) mass is 529 g/mol. The highest BCUT2D eigenvalue weighted by Crippen LogP contribution is 2.51. The lowest BCUT2D eigenvalue weighted by atomic mass is 9.88. The minimum Gasteiger partial charge on any atom is -0.493 e. The van der Waals surface area contributed by atoms with Crippen LogP contribution in [0.2, 0.25) is 0 Å². The number of hydrogen-bond donors (Lipinski definition) is 0. The van der Waals surface area contributed by atoms with E-state index in [-0.39, 0.29) is 5.75 Å². The second-order valence-corrected chi connectivity index (χ2v) is 9.78. The molecule has 1 atom stereocenters. The van der Waals surface area contributed by atoms with Crippen LogP contribution >= 0.6 is 0 Å².